The van der Waals surface area contributed by atoms with Crippen molar-refractivity contribution in [3.63, 3.8) is 0 Å². The third kappa shape index (κ3) is 2.32. The normalized spacial score (nSPS) is 10.7. The van der Waals surface area contributed by atoms with Crippen molar-refractivity contribution in [2.45, 2.75) is 26.8 Å². The molecule has 84 valence electrons. The van der Waals surface area contributed by atoms with Crippen molar-refractivity contribution >= 4 is 15.9 Å². The predicted molar refractivity (Wildman–Crippen MR) is 68.2 cm³/mol. The lowest BCUT2D eigenvalue weighted by Crippen LogP contribution is -1.98. The first-order chi connectivity index (χ1) is 7.70. The molecule has 0 unspecified atom stereocenters. The molecule has 0 atom stereocenters. The summed E-state index contributed by atoms with van der Waals surface area (Å²) < 4.78 is 3.16. The van der Waals surface area contributed by atoms with E-state index >= 15 is 0 Å². The van der Waals surface area contributed by atoms with E-state index in [1.807, 2.05) is 0 Å². The van der Waals surface area contributed by atoms with Gasteiger partial charge in [-0.2, -0.15) is 0 Å². The molecule has 16 heavy (non-hydrogen) atoms. The van der Waals surface area contributed by atoms with Crippen LogP contribution in [0.2, 0.25) is 0 Å². The van der Waals surface area contributed by atoms with Gasteiger partial charge in [0.1, 0.15) is 6.33 Å². The Labute approximate surface area is 104 Å². The average Bonchev–Trinajstić information content (AvgIpc) is 2.65. The van der Waals surface area contributed by atoms with E-state index in [4.69, 9.17) is 0 Å². The molecule has 2 aromatic rings. The Kier molecular flexibility index (Phi) is 3.39. The van der Waals surface area contributed by atoms with Crippen molar-refractivity contribution in [1.82, 2.24) is 14.8 Å². The van der Waals surface area contributed by atoms with Crippen LogP contribution in [0.5, 0.6) is 0 Å². The molecule has 0 saturated carbocycles. The van der Waals surface area contributed by atoms with E-state index in [2.05, 4.69) is 62.7 Å². The van der Waals surface area contributed by atoms with Gasteiger partial charge >= 0.3 is 0 Å². The topological polar surface area (TPSA) is 30.7 Å². The highest BCUT2D eigenvalue weighted by atomic mass is 79.9. The number of benzene rings is 1. The number of hydrogen-bond acceptors (Lipinski definition) is 2. The lowest BCUT2D eigenvalue weighted by molar-refractivity contribution is 0.682. The smallest absolute Gasteiger partial charge is 0.163 e. The standard InChI is InChI=1S/C12H14BrN3/c1-3-4-16-8-14-15-12(16)10-5-9(2)6-11(13)7-10/h5-8H,3-4H2,1-2H3. The van der Waals surface area contributed by atoms with Gasteiger partial charge in [-0.05, 0) is 37.1 Å². The van der Waals surface area contributed by atoms with E-state index in [0.717, 1.165) is 28.8 Å². The third-order valence-electron chi connectivity index (χ3n) is 2.38. The summed E-state index contributed by atoms with van der Waals surface area (Å²) >= 11 is 3.50. The first-order valence-corrected chi connectivity index (χ1v) is 6.15. The highest BCUT2D eigenvalue weighted by Gasteiger charge is 2.07. The molecule has 0 saturated heterocycles. The van der Waals surface area contributed by atoms with E-state index < -0.39 is 0 Å². The van der Waals surface area contributed by atoms with Crippen LogP contribution in [-0.2, 0) is 6.54 Å². The van der Waals surface area contributed by atoms with E-state index in [1.54, 1.807) is 6.33 Å². The minimum Gasteiger partial charge on any atom is -0.314 e. The maximum atomic E-state index is 4.18. The highest BCUT2D eigenvalue weighted by Crippen LogP contribution is 2.23. The van der Waals surface area contributed by atoms with Crippen LogP contribution in [0.3, 0.4) is 0 Å². The van der Waals surface area contributed by atoms with Crippen LogP contribution in [-0.4, -0.2) is 14.8 Å². The van der Waals surface area contributed by atoms with Crippen LogP contribution in [0.4, 0.5) is 0 Å². The first kappa shape index (κ1) is 11.3. The van der Waals surface area contributed by atoms with Gasteiger partial charge in [0.15, 0.2) is 5.82 Å². The van der Waals surface area contributed by atoms with Crippen LogP contribution < -0.4 is 0 Å². The van der Waals surface area contributed by atoms with Crippen molar-refractivity contribution in [2.75, 3.05) is 0 Å². The molecule has 4 heteroatoms. The lowest BCUT2D eigenvalue weighted by Gasteiger charge is -2.06. The summed E-state index contributed by atoms with van der Waals surface area (Å²) in [6.45, 7) is 5.18. The fourth-order valence-electron chi connectivity index (χ4n) is 1.75. The van der Waals surface area contributed by atoms with Crippen LogP contribution in [0.25, 0.3) is 11.4 Å². The number of halogens is 1. The van der Waals surface area contributed by atoms with Gasteiger partial charge in [0, 0.05) is 16.6 Å². The first-order valence-electron chi connectivity index (χ1n) is 5.36. The minimum atomic E-state index is 0.936. The number of nitrogens with zero attached hydrogens (tertiary/aromatic N) is 3. The molecule has 0 N–H and O–H groups in total. The van der Waals surface area contributed by atoms with Crippen molar-refractivity contribution in [3.8, 4) is 11.4 Å². The Morgan fingerprint density at radius 3 is 2.81 bits per heavy atom. The molecule has 0 amide bonds. The summed E-state index contributed by atoms with van der Waals surface area (Å²) in [6, 6.07) is 6.29. The van der Waals surface area contributed by atoms with E-state index in [9.17, 15) is 0 Å². The van der Waals surface area contributed by atoms with E-state index in [0.29, 0.717) is 0 Å². The summed E-state index contributed by atoms with van der Waals surface area (Å²) in [4.78, 5) is 0. The Hall–Kier alpha value is -1.16. The van der Waals surface area contributed by atoms with Crippen LogP contribution in [0.15, 0.2) is 29.0 Å². The molecule has 0 bridgehead atoms. The zero-order valence-corrected chi connectivity index (χ0v) is 11.0. The molecular weight excluding hydrogens is 266 g/mol. The molecule has 2 rings (SSSR count). The Balaban J connectivity index is 2.45. The number of aryl methyl sites for hydroxylation is 2. The molecule has 0 spiro atoms. The Bertz CT molecular complexity index is 471. The SMILES string of the molecule is CCCn1cnnc1-c1cc(C)cc(Br)c1. The van der Waals surface area contributed by atoms with Gasteiger partial charge in [-0.25, -0.2) is 0 Å². The van der Waals surface area contributed by atoms with E-state index in [-0.39, 0.29) is 0 Å². The molecular formula is C12H14BrN3. The second-order valence-electron chi connectivity index (χ2n) is 3.87. The van der Waals surface area contributed by atoms with Crippen molar-refractivity contribution in [3.05, 3.63) is 34.6 Å². The minimum absolute atomic E-state index is 0.936. The van der Waals surface area contributed by atoms with Gasteiger partial charge in [0.25, 0.3) is 0 Å². The summed E-state index contributed by atoms with van der Waals surface area (Å²) in [5.41, 5.74) is 2.33. The quantitative estimate of drug-likeness (QED) is 0.862. The van der Waals surface area contributed by atoms with Crippen LogP contribution >= 0.6 is 15.9 Å². The molecule has 0 aliphatic heterocycles. The molecule has 0 radical (unpaired) electrons. The fraction of sp³-hybridized carbons (Fsp3) is 0.333. The largest absolute Gasteiger partial charge is 0.314 e. The van der Waals surface area contributed by atoms with Crippen molar-refractivity contribution in [2.24, 2.45) is 0 Å². The van der Waals surface area contributed by atoms with Gasteiger partial charge in [0.05, 0.1) is 0 Å². The zero-order valence-electron chi connectivity index (χ0n) is 9.44. The second-order valence-corrected chi connectivity index (χ2v) is 4.78. The maximum Gasteiger partial charge on any atom is 0.163 e. The average molecular weight is 280 g/mol. The van der Waals surface area contributed by atoms with Crippen molar-refractivity contribution in [1.29, 1.82) is 0 Å². The predicted octanol–water partition coefficient (Wildman–Crippen LogP) is 3.43. The summed E-state index contributed by atoms with van der Waals surface area (Å²) in [6.07, 6.45) is 2.87. The Morgan fingerprint density at radius 2 is 2.12 bits per heavy atom. The van der Waals surface area contributed by atoms with Gasteiger partial charge in [-0.15, -0.1) is 10.2 Å². The van der Waals surface area contributed by atoms with Gasteiger partial charge < -0.3 is 4.57 Å². The summed E-state index contributed by atoms with van der Waals surface area (Å²) in [5.74, 6) is 0.936. The lowest BCUT2D eigenvalue weighted by atomic mass is 10.1. The molecule has 3 nitrogen and oxygen atoms in total. The molecule has 0 fully saturated rings. The molecule has 1 aromatic heterocycles. The number of rotatable bonds is 3. The number of aromatic nitrogens is 3. The zero-order chi connectivity index (χ0) is 11.5. The maximum absolute atomic E-state index is 4.18. The molecule has 0 aliphatic rings. The second kappa shape index (κ2) is 4.78. The monoisotopic (exact) mass is 279 g/mol. The molecule has 1 heterocycles. The van der Waals surface area contributed by atoms with Gasteiger partial charge in [-0.1, -0.05) is 22.9 Å². The fourth-order valence-corrected chi connectivity index (χ4v) is 2.36. The Morgan fingerprint density at radius 1 is 1.31 bits per heavy atom. The van der Waals surface area contributed by atoms with Crippen molar-refractivity contribution < 1.29 is 0 Å². The number of hydrogen-bond donors (Lipinski definition) is 0. The van der Waals surface area contributed by atoms with Gasteiger partial charge in [-0.3, -0.25) is 0 Å². The molecule has 0 aliphatic carbocycles. The summed E-state index contributed by atoms with van der Waals surface area (Å²) in [5, 5.41) is 8.15. The van der Waals surface area contributed by atoms with Gasteiger partial charge in [0.2, 0.25) is 0 Å². The third-order valence-corrected chi connectivity index (χ3v) is 2.84. The van der Waals surface area contributed by atoms with Crippen LogP contribution in [0, 0.1) is 6.92 Å². The van der Waals surface area contributed by atoms with Crippen LogP contribution in [0.1, 0.15) is 18.9 Å². The highest BCUT2D eigenvalue weighted by molar-refractivity contribution is 9.10. The summed E-state index contributed by atoms with van der Waals surface area (Å²) in [7, 11) is 0. The molecule has 1 aromatic carbocycles. The van der Waals surface area contributed by atoms with E-state index in [1.165, 1.54) is 5.56 Å².